The third-order valence-electron chi connectivity index (χ3n) is 4.20. The molecule has 0 aliphatic heterocycles. The molecule has 6 nitrogen and oxygen atoms in total. The van der Waals surface area contributed by atoms with Gasteiger partial charge in [-0.3, -0.25) is 4.79 Å². The van der Waals surface area contributed by atoms with Crippen LogP contribution in [-0.2, 0) is 6.54 Å². The van der Waals surface area contributed by atoms with Crippen molar-refractivity contribution in [3.63, 3.8) is 0 Å². The number of carbonyl (C=O) groups is 1. The molecular weight excluding hydrogens is 326 g/mol. The molecule has 128 valence electrons. The van der Waals surface area contributed by atoms with Gasteiger partial charge < -0.3 is 16.0 Å². The number of nitrogens with zero attached hydrogens (tertiary/aromatic N) is 2. The minimum Gasteiger partial charge on any atom is -0.345 e. The molecule has 0 aliphatic carbocycles. The molecule has 26 heavy (non-hydrogen) atoms. The van der Waals surface area contributed by atoms with Crippen LogP contribution >= 0.6 is 0 Å². The average molecular weight is 343 g/mol. The molecule has 4 aromatic rings. The van der Waals surface area contributed by atoms with Crippen LogP contribution in [0.4, 0.5) is 11.5 Å². The first kappa shape index (κ1) is 16.0. The quantitative estimate of drug-likeness (QED) is 0.483. The molecule has 4 N–H and O–H groups in total. The molecule has 2 aromatic carbocycles. The Morgan fingerprint density at radius 3 is 2.54 bits per heavy atom. The van der Waals surface area contributed by atoms with E-state index in [1.807, 2.05) is 42.5 Å². The van der Waals surface area contributed by atoms with Crippen LogP contribution in [0.1, 0.15) is 21.5 Å². The van der Waals surface area contributed by atoms with Crippen molar-refractivity contribution in [2.24, 2.45) is 5.73 Å². The standard InChI is InChI=1S/C20H17N5O/c21-10-13-6-8-15(9-7-13)25-20-17-16(11-22-19(17)23-12-24-20)18(26)14-4-2-1-3-5-14/h1-9,11-12H,10,21H2,(H2,22,23,24,25). The highest BCUT2D eigenvalue weighted by Gasteiger charge is 2.18. The number of aromatic nitrogens is 3. The van der Waals surface area contributed by atoms with Gasteiger partial charge in [-0.2, -0.15) is 0 Å². The Labute approximate surface area is 150 Å². The number of carbonyl (C=O) groups excluding carboxylic acids is 1. The van der Waals surface area contributed by atoms with Crippen molar-refractivity contribution < 1.29 is 4.79 Å². The lowest BCUT2D eigenvalue weighted by atomic mass is 10.0. The lowest BCUT2D eigenvalue weighted by Gasteiger charge is -2.08. The Bertz CT molecular complexity index is 1050. The van der Waals surface area contributed by atoms with Crippen LogP contribution in [0.25, 0.3) is 11.0 Å². The van der Waals surface area contributed by atoms with Crippen LogP contribution in [0.15, 0.2) is 67.1 Å². The molecular formula is C20H17N5O. The summed E-state index contributed by atoms with van der Waals surface area (Å²) in [5, 5.41) is 3.94. The SMILES string of the molecule is NCc1ccc(Nc2ncnc3[nH]cc(C(=O)c4ccccc4)c23)cc1. The number of ketones is 1. The van der Waals surface area contributed by atoms with E-state index in [1.165, 1.54) is 6.33 Å². The van der Waals surface area contributed by atoms with E-state index in [4.69, 9.17) is 5.73 Å². The molecule has 2 aromatic heterocycles. The Morgan fingerprint density at radius 1 is 1.04 bits per heavy atom. The van der Waals surface area contributed by atoms with Crippen LogP contribution in [0.3, 0.4) is 0 Å². The Balaban J connectivity index is 1.75. The van der Waals surface area contributed by atoms with Crippen molar-refractivity contribution in [1.29, 1.82) is 0 Å². The number of hydrogen-bond donors (Lipinski definition) is 3. The van der Waals surface area contributed by atoms with Gasteiger partial charge >= 0.3 is 0 Å². The summed E-state index contributed by atoms with van der Waals surface area (Å²) in [5.74, 6) is 0.504. The maximum atomic E-state index is 12.9. The van der Waals surface area contributed by atoms with E-state index in [0.717, 1.165) is 11.3 Å². The molecule has 6 heteroatoms. The Morgan fingerprint density at radius 2 is 1.81 bits per heavy atom. The van der Waals surface area contributed by atoms with E-state index in [1.54, 1.807) is 18.3 Å². The fourth-order valence-corrected chi connectivity index (χ4v) is 2.84. The third-order valence-corrected chi connectivity index (χ3v) is 4.20. The van der Waals surface area contributed by atoms with Gasteiger partial charge in [-0.05, 0) is 17.7 Å². The zero-order valence-corrected chi connectivity index (χ0v) is 13.9. The topological polar surface area (TPSA) is 96.7 Å². The first-order valence-corrected chi connectivity index (χ1v) is 8.24. The summed E-state index contributed by atoms with van der Waals surface area (Å²) in [5.41, 5.74) is 9.31. The second-order valence-electron chi connectivity index (χ2n) is 5.87. The van der Waals surface area contributed by atoms with Crippen molar-refractivity contribution >= 4 is 28.3 Å². The number of nitrogens with two attached hydrogens (primary N) is 1. The van der Waals surface area contributed by atoms with E-state index in [-0.39, 0.29) is 5.78 Å². The van der Waals surface area contributed by atoms with Crippen LogP contribution in [0, 0.1) is 0 Å². The third kappa shape index (κ3) is 2.94. The molecule has 0 saturated carbocycles. The van der Waals surface area contributed by atoms with Crippen molar-refractivity contribution in [3.05, 3.63) is 83.8 Å². The van der Waals surface area contributed by atoms with Crippen molar-refractivity contribution in [3.8, 4) is 0 Å². The second kappa shape index (κ2) is 6.78. The predicted octanol–water partition coefficient (Wildman–Crippen LogP) is 3.39. The van der Waals surface area contributed by atoms with Crippen LogP contribution in [-0.4, -0.2) is 20.7 Å². The summed E-state index contributed by atoms with van der Waals surface area (Å²) in [6.45, 7) is 0.492. The maximum absolute atomic E-state index is 12.9. The minimum atomic E-state index is -0.0758. The number of hydrogen-bond acceptors (Lipinski definition) is 5. The molecule has 0 amide bonds. The van der Waals surface area contributed by atoms with Crippen molar-refractivity contribution in [2.75, 3.05) is 5.32 Å². The summed E-state index contributed by atoms with van der Waals surface area (Å²) in [6.07, 6.45) is 3.14. The maximum Gasteiger partial charge on any atom is 0.195 e. The molecule has 0 spiro atoms. The number of H-pyrrole nitrogens is 1. The fraction of sp³-hybridized carbons (Fsp3) is 0.0500. The van der Waals surface area contributed by atoms with E-state index < -0.39 is 0 Å². The largest absolute Gasteiger partial charge is 0.345 e. The number of rotatable bonds is 5. The molecule has 0 radical (unpaired) electrons. The zero-order valence-electron chi connectivity index (χ0n) is 13.9. The lowest BCUT2D eigenvalue weighted by molar-refractivity contribution is 0.104. The number of nitrogens with one attached hydrogen (secondary N) is 2. The first-order chi connectivity index (χ1) is 12.8. The van der Waals surface area contributed by atoms with Gasteiger partial charge in [0.05, 0.1) is 10.9 Å². The molecule has 4 rings (SSSR count). The van der Waals surface area contributed by atoms with Gasteiger partial charge in [0, 0.05) is 24.0 Å². The Kier molecular flexibility index (Phi) is 4.17. The number of fused-ring (bicyclic) bond motifs is 1. The lowest BCUT2D eigenvalue weighted by Crippen LogP contribution is -2.03. The summed E-state index contributed by atoms with van der Waals surface area (Å²) in [6, 6.07) is 16.9. The zero-order chi connectivity index (χ0) is 17.9. The van der Waals surface area contributed by atoms with Gasteiger partial charge in [-0.25, -0.2) is 9.97 Å². The van der Waals surface area contributed by atoms with E-state index in [0.29, 0.717) is 34.5 Å². The minimum absolute atomic E-state index is 0.0758. The van der Waals surface area contributed by atoms with Gasteiger partial charge in [0.25, 0.3) is 0 Å². The van der Waals surface area contributed by atoms with Gasteiger partial charge in [0.2, 0.25) is 0 Å². The number of aromatic amines is 1. The Hall–Kier alpha value is -3.51. The molecule has 0 saturated heterocycles. The van der Waals surface area contributed by atoms with Crippen molar-refractivity contribution in [2.45, 2.75) is 6.54 Å². The smallest absolute Gasteiger partial charge is 0.195 e. The number of anilines is 2. The van der Waals surface area contributed by atoms with Gasteiger partial charge in [0.15, 0.2) is 5.78 Å². The predicted molar refractivity (Wildman–Crippen MR) is 101 cm³/mol. The first-order valence-electron chi connectivity index (χ1n) is 8.24. The number of benzene rings is 2. The highest BCUT2D eigenvalue weighted by atomic mass is 16.1. The summed E-state index contributed by atoms with van der Waals surface area (Å²) in [4.78, 5) is 24.5. The van der Waals surface area contributed by atoms with E-state index >= 15 is 0 Å². The summed E-state index contributed by atoms with van der Waals surface area (Å²) < 4.78 is 0. The van der Waals surface area contributed by atoms with Crippen LogP contribution < -0.4 is 11.1 Å². The van der Waals surface area contributed by atoms with Gasteiger partial charge in [0.1, 0.15) is 17.8 Å². The highest BCUT2D eigenvalue weighted by molar-refractivity contribution is 6.18. The molecule has 0 aliphatic rings. The second-order valence-corrected chi connectivity index (χ2v) is 5.87. The monoisotopic (exact) mass is 343 g/mol. The van der Waals surface area contributed by atoms with Crippen molar-refractivity contribution in [1.82, 2.24) is 15.0 Å². The molecule has 0 unspecified atom stereocenters. The normalized spacial score (nSPS) is 10.8. The molecule has 0 bridgehead atoms. The van der Waals surface area contributed by atoms with Crippen LogP contribution in [0.2, 0.25) is 0 Å². The van der Waals surface area contributed by atoms with E-state index in [2.05, 4.69) is 20.3 Å². The molecule has 2 heterocycles. The van der Waals surface area contributed by atoms with Gasteiger partial charge in [-0.15, -0.1) is 0 Å². The van der Waals surface area contributed by atoms with Crippen LogP contribution in [0.5, 0.6) is 0 Å². The highest BCUT2D eigenvalue weighted by Crippen LogP contribution is 2.27. The summed E-state index contributed by atoms with van der Waals surface area (Å²) >= 11 is 0. The van der Waals surface area contributed by atoms with Gasteiger partial charge in [-0.1, -0.05) is 42.5 Å². The fourth-order valence-electron chi connectivity index (χ4n) is 2.84. The molecule has 0 atom stereocenters. The average Bonchev–Trinajstić information content (AvgIpc) is 3.14. The van der Waals surface area contributed by atoms with E-state index in [9.17, 15) is 4.79 Å². The molecule has 0 fully saturated rings. The summed E-state index contributed by atoms with van der Waals surface area (Å²) in [7, 11) is 0.